The highest BCUT2D eigenvalue weighted by atomic mass is 16.2. The summed E-state index contributed by atoms with van der Waals surface area (Å²) in [5, 5.41) is 5.84. The number of nitrogens with one attached hydrogen (secondary N) is 2. The molecule has 1 heterocycles. The van der Waals surface area contributed by atoms with Crippen LogP contribution in [0.4, 0.5) is 10.5 Å². The Balaban J connectivity index is 1.68. The van der Waals surface area contributed by atoms with Gasteiger partial charge < -0.3 is 10.6 Å². The number of carbonyl (C=O) groups is 2. The molecule has 3 rings (SSSR count). The Labute approximate surface area is 118 Å². The number of urea groups is 1. The SMILES string of the molecule is CC(Nc1ccc2c(c1)CCC2)C(=O)N1CCNC1=O. The van der Waals surface area contributed by atoms with Crippen LogP contribution in [0.2, 0.25) is 0 Å². The summed E-state index contributed by atoms with van der Waals surface area (Å²) in [6.07, 6.45) is 3.47. The number of benzene rings is 1. The van der Waals surface area contributed by atoms with Gasteiger partial charge in [-0.25, -0.2) is 4.79 Å². The first-order valence-corrected chi connectivity index (χ1v) is 7.13. The molecule has 1 fully saturated rings. The second-order valence-electron chi connectivity index (χ2n) is 5.42. The van der Waals surface area contributed by atoms with Crippen molar-refractivity contribution in [1.82, 2.24) is 10.2 Å². The molecule has 1 saturated heterocycles. The lowest BCUT2D eigenvalue weighted by molar-refractivity contribution is -0.128. The van der Waals surface area contributed by atoms with Crippen molar-refractivity contribution in [2.45, 2.75) is 32.2 Å². The van der Waals surface area contributed by atoms with Crippen LogP contribution >= 0.6 is 0 Å². The van der Waals surface area contributed by atoms with Crippen LogP contribution in [0.5, 0.6) is 0 Å². The summed E-state index contributed by atoms with van der Waals surface area (Å²) in [5.41, 5.74) is 3.73. The molecule has 1 aliphatic carbocycles. The van der Waals surface area contributed by atoms with E-state index in [1.807, 2.05) is 6.07 Å². The number of hydrogen-bond acceptors (Lipinski definition) is 3. The standard InChI is InChI=1S/C15H19N3O2/c1-10(14(19)18-8-7-16-15(18)20)17-13-6-5-11-3-2-4-12(11)9-13/h5-6,9-10,17H,2-4,7-8H2,1H3,(H,16,20). The number of nitrogens with zero attached hydrogens (tertiary/aromatic N) is 1. The lowest BCUT2D eigenvalue weighted by Crippen LogP contribution is -2.43. The molecule has 1 aromatic carbocycles. The van der Waals surface area contributed by atoms with Gasteiger partial charge in [0.05, 0.1) is 0 Å². The maximum Gasteiger partial charge on any atom is 0.324 e. The second-order valence-corrected chi connectivity index (χ2v) is 5.42. The molecule has 1 aliphatic heterocycles. The highest BCUT2D eigenvalue weighted by molar-refractivity contribution is 5.99. The van der Waals surface area contributed by atoms with Gasteiger partial charge in [0, 0.05) is 18.8 Å². The molecular formula is C15H19N3O2. The quantitative estimate of drug-likeness (QED) is 0.878. The molecular weight excluding hydrogens is 254 g/mol. The summed E-state index contributed by atoms with van der Waals surface area (Å²) in [4.78, 5) is 25.0. The van der Waals surface area contributed by atoms with E-state index in [1.54, 1.807) is 6.92 Å². The van der Waals surface area contributed by atoms with Gasteiger partial charge in [0.25, 0.3) is 5.91 Å². The van der Waals surface area contributed by atoms with Gasteiger partial charge in [0.15, 0.2) is 0 Å². The van der Waals surface area contributed by atoms with Crippen molar-refractivity contribution in [3.05, 3.63) is 29.3 Å². The van der Waals surface area contributed by atoms with Crippen molar-refractivity contribution in [3.63, 3.8) is 0 Å². The minimum absolute atomic E-state index is 0.180. The Morgan fingerprint density at radius 2 is 2.15 bits per heavy atom. The topological polar surface area (TPSA) is 61.4 Å². The smallest absolute Gasteiger partial charge is 0.324 e. The van der Waals surface area contributed by atoms with Crippen LogP contribution in [0.1, 0.15) is 24.5 Å². The average Bonchev–Trinajstić information content (AvgIpc) is 3.05. The summed E-state index contributed by atoms with van der Waals surface area (Å²) in [5.74, 6) is -0.180. The highest BCUT2D eigenvalue weighted by Crippen LogP contribution is 2.25. The molecule has 0 bridgehead atoms. The number of rotatable bonds is 3. The monoisotopic (exact) mass is 273 g/mol. The predicted molar refractivity (Wildman–Crippen MR) is 76.7 cm³/mol. The molecule has 2 aliphatic rings. The number of carbonyl (C=O) groups excluding carboxylic acids is 2. The van der Waals surface area contributed by atoms with Gasteiger partial charge in [-0.15, -0.1) is 0 Å². The van der Waals surface area contributed by atoms with E-state index in [2.05, 4.69) is 22.8 Å². The molecule has 3 amide bonds. The van der Waals surface area contributed by atoms with Crippen molar-refractivity contribution in [1.29, 1.82) is 0 Å². The van der Waals surface area contributed by atoms with Crippen LogP contribution in [-0.4, -0.2) is 36.0 Å². The molecule has 0 aromatic heterocycles. The lowest BCUT2D eigenvalue weighted by atomic mass is 10.1. The first-order valence-electron chi connectivity index (χ1n) is 7.13. The normalized spacial score (nSPS) is 18.6. The zero-order valence-electron chi connectivity index (χ0n) is 11.6. The van der Waals surface area contributed by atoms with Gasteiger partial charge in [-0.1, -0.05) is 6.07 Å². The molecule has 1 atom stereocenters. The number of amides is 3. The summed E-state index contributed by atoms with van der Waals surface area (Å²) in [6, 6.07) is 5.56. The van der Waals surface area contributed by atoms with Gasteiger partial charge in [0.1, 0.15) is 6.04 Å². The molecule has 0 spiro atoms. The van der Waals surface area contributed by atoms with Crippen LogP contribution in [0.15, 0.2) is 18.2 Å². The third-order valence-corrected chi connectivity index (χ3v) is 3.97. The lowest BCUT2D eigenvalue weighted by Gasteiger charge is -2.20. The Bertz CT molecular complexity index is 556. The Hall–Kier alpha value is -2.04. The number of anilines is 1. The predicted octanol–water partition coefficient (Wildman–Crippen LogP) is 1.53. The third-order valence-electron chi connectivity index (χ3n) is 3.97. The zero-order chi connectivity index (χ0) is 14.1. The van der Waals surface area contributed by atoms with E-state index in [4.69, 9.17) is 0 Å². The highest BCUT2D eigenvalue weighted by Gasteiger charge is 2.29. The maximum atomic E-state index is 12.2. The molecule has 2 N–H and O–H groups in total. The van der Waals surface area contributed by atoms with E-state index >= 15 is 0 Å². The number of fused-ring (bicyclic) bond motifs is 1. The number of imide groups is 1. The average molecular weight is 273 g/mol. The van der Waals surface area contributed by atoms with Gasteiger partial charge >= 0.3 is 6.03 Å². The summed E-state index contributed by atoms with van der Waals surface area (Å²) >= 11 is 0. The molecule has 5 nitrogen and oxygen atoms in total. The van der Waals surface area contributed by atoms with E-state index in [0.29, 0.717) is 13.1 Å². The van der Waals surface area contributed by atoms with Crippen LogP contribution in [-0.2, 0) is 17.6 Å². The fraction of sp³-hybridized carbons (Fsp3) is 0.467. The molecule has 106 valence electrons. The fourth-order valence-corrected chi connectivity index (χ4v) is 2.89. The summed E-state index contributed by atoms with van der Waals surface area (Å²) < 4.78 is 0. The van der Waals surface area contributed by atoms with Crippen LogP contribution in [0.25, 0.3) is 0 Å². The third kappa shape index (κ3) is 2.35. The van der Waals surface area contributed by atoms with E-state index in [9.17, 15) is 9.59 Å². The first kappa shape index (κ1) is 13.0. The van der Waals surface area contributed by atoms with Crippen LogP contribution in [0, 0.1) is 0 Å². The maximum absolute atomic E-state index is 12.2. The van der Waals surface area contributed by atoms with Crippen molar-refractivity contribution >= 4 is 17.6 Å². The van der Waals surface area contributed by atoms with Gasteiger partial charge in [-0.3, -0.25) is 9.69 Å². The van der Waals surface area contributed by atoms with E-state index < -0.39 is 6.04 Å². The fourth-order valence-electron chi connectivity index (χ4n) is 2.89. The number of hydrogen-bond donors (Lipinski definition) is 2. The largest absolute Gasteiger partial charge is 0.374 e. The van der Waals surface area contributed by atoms with Gasteiger partial charge in [-0.2, -0.15) is 0 Å². The minimum atomic E-state index is -0.404. The Morgan fingerprint density at radius 1 is 1.35 bits per heavy atom. The molecule has 1 aromatic rings. The van der Waals surface area contributed by atoms with Crippen LogP contribution < -0.4 is 10.6 Å². The van der Waals surface area contributed by atoms with E-state index in [0.717, 1.165) is 18.5 Å². The second kappa shape index (κ2) is 5.15. The van der Waals surface area contributed by atoms with Gasteiger partial charge in [-0.05, 0) is 49.4 Å². The molecule has 5 heteroatoms. The molecule has 0 radical (unpaired) electrons. The van der Waals surface area contributed by atoms with Crippen molar-refractivity contribution in [3.8, 4) is 0 Å². The minimum Gasteiger partial charge on any atom is -0.374 e. The van der Waals surface area contributed by atoms with E-state index in [-0.39, 0.29) is 11.9 Å². The first-order chi connectivity index (χ1) is 9.65. The van der Waals surface area contributed by atoms with E-state index in [1.165, 1.54) is 22.4 Å². The summed E-state index contributed by atoms with van der Waals surface area (Å²) in [7, 11) is 0. The van der Waals surface area contributed by atoms with Crippen molar-refractivity contribution in [2.75, 3.05) is 18.4 Å². The Kier molecular flexibility index (Phi) is 3.34. The van der Waals surface area contributed by atoms with Crippen molar-refractivity contribution < 1.29 is 9.59 Å². The van der Waals surface area contributed by atoms with Crippen LogP contribution in [0.3, 0.4) is 0 Å². The molecule has 20 heavy (non-hydrogen) atoms. The molecule has 1 unspecified atom stereocenters. The molecule has 0 saturated carbocycles. The Morgan fingerprint density at radius 3 is 2.90 bits per heavy atom. The summed E-state index contributed by atoms with van der Waals surface area (Å²) in [6.45, 7) is 2.78. The van der Waals surface area contributed by atoms with Gasteiger partial charge in [0.2, 0.25) is 0 Å². The van der Waals surface area contributed by atoms with Crippen molar-refractivity contribution in [2.24, 2.45) is 0 Å². The zero-order valence-corrected chi connectivity index (χ0v) is 11.6. The number of aryl methyl sites for hydroxylation is 2.